The van der Waals surface area contributed by atoms with Crippen LogP contribution in [0.5, 0.6) is 0 Å². The Morgan fingerprint density at radius 2 is 1.55 bits per heavy atom. The zero-order valence-electron chi connectivity index (χ0n) is 38.2. The maximum atomic E-state index is 15.8. The number of aromatic nitrogens is 2. The first-order valence-electron chi connectivity index (χ1n) is 23.3. The highest BCUT2D eigenvalue weighted by Gasteiger charge is 2.44. The number of alkyl halides is 1. The number of imide groups is 1. The molecule has 4 saturated heterocycles. The number of nitrogens with one attached hydrogen (secondary N) is 3. The highest BCUT2D eigenvalue weighted by Crippen LogP contribution is 2.35. The molecular weight excluding hydrogens is 912 g/mol. The second-order valence-electron chi connectivity index (χ2n) is 18.9. The van der Waals surface area contributed by atoms with Gasteiger partial charge in [0.05, 0.1) is 22.4 Å². The van der Waals surface area contributed by atoms with Crippen LogP contribution in [0, 0.1) is 17.6 Å². The quantitative estimate of drug-likeness (QED) is 0.0963. The number of hydrogen-bond donors (Lipinski definition) is 3. The fraction of sp³-hybridized carbons (Fsp3) is 0.380. The Morgan fingerprint density at radius 1 is 0.841 bits per heavy atom. The Hall–Kier alpha value is -6.57. The van der Waals surface area contributed by atoms with Crippen molar-refractivity contribution in [2.75, 3.05) is 60.3 Å². The van der Waals surface area contributed by atoms with Crippen molar-refractivity contribution < 1.29 is 40.8 Å². The molecule has 0 radical (unpaired) electrons. The van der Waals surface area contributed by atoms with E-state index < -0.39 is 69.5 Å². The molecule has 0 aliphatic carbocycles. The average Bonchev–Trinajstić information content (AvgIpc) is 4.04. The summed E-state index contributed by atoms with van der Waals surface area (Å²) in [5.74, 6) is -4.32. The van der Waals surface area contributed by atoms with Gasteiger partial charge in [0.15, 0.2) is 5.82 Å². The van der Waals surface area contributed by atoms with E-state index in [1.54, 1.807) is 24.4 Å². The number of amides is 3. The van der Waals surface area contributed by atoms with Gasteiger partial charge >= 0.3 is 10.2 Å². The van der Waals surface area contributed by atoms with Crippen LogP contribution in [-0.2, 0) is 15.0 Å². The van der Waals surface area contributed by atoms with Crippen LogP contribution in [0.2, 0.25) is 0 Å². The number of piperidine rings is 2. The van der Waals surface area contributed by atoms with E-state index in [1.807, 2.05) is 35.1 Å². The van der Waals surface area contributed by atoms with Crippen molar-refractivity contribution in [3.63, 3.8) is 0 Å². The predicted molar refractivity (Wildman–Crippen MR) is 255 cm³/mol. The van der Waals surface area contributed by atoms with Gasteiger partial charge < -0.3 is 20.1 Å². The highest BCUT2D eigenvalue weighted by molar-refractivity contribution is 7.90. The summed E-state index contributed by atoms with van der Waals surface area (Å²) in [5, 5.41) is 3.01. The molecule has 0 spiro atoms. The van der Waals surface area contributed by atoms with E-state index >= 15 is 8.78 Å². The minimum atomic E-state index is -4.36. The molecule has 2 aromatic heterocycles. The molecule has 5 aliphatic heterocycles. The normalized spacial score (nSPS) is 23.0. The van der Waals surface area contributed by atoms with Crippen molar-refractivity contribution in [3.05, 3.63) is 119 Å². The number of rotatable bonds is 11. The molecule has 4 atom stereocenters. The number of allylic oxidation sites excluding steroid dienone is 1. The zero-order valence-corrected chi connectivity index (χ0v) is 39.0. The molecule has 15 nitrogen and oxygen atoms in total. The number of aromatic amines is 1. The van der Waals surface area contributed by atoms with Crippen LogP contribution in [0.1, 0.15) is 82.6 Å². The number of fused-ring (bicyclic) bond motifs is 2. The second-order valence-corrected chi connectivity index (χ2v) is 20.6. The SMILES string of the molecule is C=C1CCC(N2C(=O)c3ccc(N4C[C@@H](C)N(CC5CCN(c6ccc(-c7cnc8[nH]cc(C(=O)c9c(F)ccc(NS(=O)(=O)N%10CC[C@@H](F)C%10)c9F)c8c7)cc6)CC5)[C@@H](C)C4)cc3C2=O)C(=O)N1. The van der Waals surface area contributed by atoms with Gasteiger partial charge in [0, 0.05) is 104 Å². The van der Waals surface area contributed by atoms with Gasteiger partial charge in [0.2, 0.25) is 11.7 Å². The van der Waals surface area contributed by atoms with E-state index in [0.29, 0.717) is 52.2 Å². The third-order valence-electron chi connectivity index (χ3n) is 14.4. The number of carbonyl (C=O) groups excluding carboxylic acids is 4. The van der Waals surface area contributed by atoms with E-state index in [9.17, 15) is 32.0 Å². The summed E-state index contributed by atoms with van der Waals surface area (Å²) in [5.41, 5.74) is 3.39. The summed E-state index contributed by atoms with van der Waals surface area (Å²) < 4.78 is 73.3. The molecule has 19 heteroatoms. The Morgan fingerprint density at radius 3 is 2.25 bits per heavy atom. The Kier molecular flexibility index (Phi) is 12.1. The van der Waals surface area contributed by atoms with Gasteiger partial charge in [0.25, 0.3) is 11.8 Å². The van der Waals surface area contributed by atoms with E-state index in [1.165, 1.54) is 6.20 Å². The Balaban J connectivity index is 0.753. The van der Waals surface area contributed by atoms with Gasteiger partial charge in [-0.2, -0.15) is 12.7 Å². The van der Waals surface area contributed by atoms with Crippen LogP contribution in [-0.4, -0.2) is 126 Å². The van der Waals surface area contributed by atoms with Crippen molar-refractivity contribution in [3.8, 4) is 11.1 Å². The van der Waals surface area contributed by atoms with Crippen LogP contribution >= 0.6 is 0 Å². The van der Waals surface area contributed by atoms with Crippen molar-refractivity contribution in [1.29, 1.82) is 0 Å². The van der Waals surface area contributed by atoms with Crippen LogP contribution in [0.25, 0.3) is 22.2 Å². The number of anilines is 3. The summed E-state index contributed by atoms with van der Waals surface area (Å²) in [6.45, 7) is 12.0. The average molecular weight is 964 g/mol. The van der Waals surface area contributed by atoms with Crippen molar-refractivity contribution in [2.45, 2.75) is 70.2 Å². The summed E-state index contributed by atoms with van der Waals surface area (Å²) >= 11 is 0. The fourth-order valence-corrected chi connectivity index (χ4v) is 11.9. The first-order chi connectivity index (χ1) is 33.0. The topological polar surface area (TPSA) is 171 Å². The maximum absolute atomic E-state index is 15.8. The highest BCUT2D eigenvalue weighted by atomic mass is 32.2. The first-order valence-corrected chi connectivity index (χ1v) is 24.8. The molecule has 5 aromatic rings. The minimum absolute atomic E-state index is 0.000157. The van der Waals surface area contributed by atoms with E-state index in [4.69, 9.17) is 0 Å². The van der Waals surface area contributed by atoms with Crippen LogP contribution in [0.15, 0.2) is 85.3 Å². The molecule has 5 aliphatic rings. The van der Waals surface area contributed by atoms with Crippen LogP contribution < -0.4 is 19.8 Å². The van der Waals surface area contributed by atoms with E-state index in [2.05, 4.69) is 50.4 Å². The molecule has 10 rings (SSSR count). The number of pyridine rings is 1. The van der Waals surface area contributed by atoms with Crippen molar-refractivity contribution >= 4 is 61.8 Å². The monoisotopic (exact) mass is 963 g/mol. The molecule has 3 amide bonds. The summed E-state index contributed by atoms with van der Waals surface area (Å²) in [6.07, 6.45) is 4.51. The summed E-state index contributed by atoms with van der Waals surface area (Å²) in [7, 11) is -4.36. The first kappa shape index (κ1) is 46.2. The third-order valence-corrected chi connectivity index (χ3v) is 15.9. The number of nitrogens with zero attached hydrogens (tertiary/aromatic N) is 6. The maximum Gasteiger partial charge on any atom is 0.301 e. The number of benzene rings is 3. The Bertz CT molecular complexity index is 3020. The predicted octanol–water partition coefficient (Wildman–Crippen LogP) is 6.64. The summed E-state index contributed by atoms with van der Waals surface area (Å²) in [4.78, 5) is 69.1. The molecule has 3 aromatic carbocycles. The number of hydrogen-bond acceptors (Lipinski definition) is 10. The molecule has 7 heterocycles. The van der Waals surface area contributed by atoms with Gasteiger partial charge in [-0.05, 0) is 106 Å². The molecule has 69 heavy (non-hydrogen) atoms. The molecular formula is C50H52F3N9O6S. The molecule has 3 N–H and O–H groups in total. The lowest BCUT2D eigenvalue weighted by atomic mass is 9.93. The van der Waals surface area contributed by atoms with E-state index in [-0.39, 0.29) is 36.5 Å². The molecule has 4 fully saturated rings. The van der Waals surface area contributed by atoms with Gasteiger partial charge in [-0.15, -0.1) is 0 Å². The third kappa shape index (κ3) is 8.64. The molecule has 0 saturated carbocycles. The molecule has 0 bridgehead atoms. The molecule has 360 valence electrons. The largest absolute Gasteiger partial charge is 0.372 e. The van der Waals surface area contributed by atoms with Gasteiger partial charge in [-0.1, -0.05) is 18.7 Å². The second kappa shape index (κ2) is 18.1. The standard InChI is InChI=1S/C50H52F3N9O6S/c1-28-4-13-43(48(64)56-28)62-49(65)37-10-9-36(21-39(37)50(62)66)59-24-29(2)61(30(3)25-59)26-31-14-17-58(18-15-31)35-7-5-32(6-8-35)33-20-38-40(23-55-47(38)54-22-33)46(63)44-41(52)11-12-42(45(44)53)57-69(67,68)60-19-16-34(51)27-60/h5-12,20-23,29-31,34,43,57H,1,4,13-19,24-27H2,2-3H3,(H,54,55)(H,56,64)/t29-,30+,34-,43?/m1/s1. The fourth-order valence-electron chi connectivity index (χ4n) is 10.6. The number of piperazine rings is 1. The van der Waals surface area contributed by atoms with Gasteiger partial charge in [-0.25, -0.2) is 18.2 Å². The zero-order chi connectivity index (χ0) is 48.5. The van der Waals surface area contributed by atoms with Gasteiger partial charge in [-0.3, -0.25) is 33.7 Å². The summed E-state index contributed by atoms with van der Waals surface area (Å²) in [6, 6.07) is 16.5. The Labute approximate surface area is 397 Å². The number of ketones is 1. The van der Waals surface area contributed by atoms with Gasteiger partial charge in [0.1, 0.15) is 23.7 Å². The van der Waals surface area contributed by atoms with E-state index in [0.717, 1.165) is 83.8 Å². The number of carbonyl (C=O) groups is 4. The lowest BCUT2D eigenvalue weighted by Crippen LogP contribution is -2.58. The smallest absolute Gasteiger partial charge is 0.301 e. The van der Waals surface area contributed by atoms with Crippen LogP contribution in [0.3, 0.4) is 0 Å². The lowest BCUT2D eigenvalue weighted by Gasteiger charge is -2.47. The van der Waals surface area contributed by atoms with Crippen molar-refractivity contribution in [2.24, 2.45) is 5.92 Å². The minimum Gasteiger partial charge on any atom is -0.372 e. The van der Waals surface area contributed by atoms with Crippen molar-refractivity contribution in [1.82, 2.24) is 29.4 Å². The number of halogens is 3. The van der Waals surface area contributed by atoms with Crippen LogP contribution in [0.4, 0.5) is 30.2 Å². The molecule has 1 unspecified atom stereocenters. The lowest BCUT2D eigenvalue weighted by molar-refractivity contribution is -0.125. The number of H-pyrrole nitrogens is 1.